The molecule has 0 radical (unpaired) electrons. The minimum Gasteiger partial charge on any atom is -0.386 e. The Morgan fingerprint density at radius 1 is 1.57 bits per heavy atom. The number of aliphatic hydroxyl groups is 1. The quantitative estimate of drug-likeness (QED) is 0.895. The SMILES string of the molecule is CCCC(OC)C(O)c1cscc1Br. The number of hydrogen-bond donors (Lipinski definition) is 1. The van der Waals surface area contributed by atoms with Gasteiger partial charge in [0.05, 0.1) is 6.10 Å². The molecule has 0 spiro atoms. The van der Waals surface area contributed by atoms with E-state index in [-0.39, 0.29) is 6.10 Å². The molecule has 0 aliphatic carbocycles. The first-order valence-electron chi connectivity index (χ1n) is 4.63. The fraction of sp³-hybridized carbons (Fsp3) is 0.600. The van der Waals surface area contributed by atoms with Gasteiger partial charge < -0.3 is 9.84 Å². The number of methoxy groups -OCH3 is 1. The predicted molar refractivity (Wildman–Crippen MR) is 62.7 cm³/mol. The van der Waals surface area contributed by atoms with E-state index < -0.39 is 6.10 Å². The lowest BCUT2D eigenvalue weighted by Crippen LogP contribution is -2.20. The average Bonchev–Trinajstić information content (AvgIpc) is 2.59. The molecule has 14 heavy (non-hydrogen) atoms. The normalized spacial score (nSPS) is 15.4. The summed E-state index contributed by atoms with van der Waals surface area (Å²) >= 11 is 4.99. The van der Waals surface area contributed by atoms with Crippen LogP contribution in [0.1, 0.15) is 31.4 Å². The maximum Gasteiger partial charge on any atom is 0.107 e. The van der Waals surface area contributed by atoms with Gasteiger partial charge in [0.2, 0.25) is 0 Å². The molecule has 2 nitrogen and oxygen atoms in total. The van der Waals surface area contributed by atoms with Crippen molar-refractivity contribution in [2.45, 2.75) is 32.0 Å². The molecule has 0 aliphatic heterocycles. The molecule has 1 N–H and O–H groups in total. The Morgan fingerprint density at radius 3 is 2.71 bits per heavy atom. The van der Waals surface area contributed by atoms with Crippen molar-refractivity contribution in [3.05, 3.63) is 20.8 Å². The van der Waals surface area contributed by atoms with Crippen molar-refractivity contribution in [3.63, 3.8) is 0 Å². The molecule has 1 aromatic heterocycles. The smallest absolute Gasteiger partial charge is 0.107 e. The van der Waals surface area contributed by atoms with Gasteiger partial charge in [-0.1, -0.05) is 13.3 Å². The summed E-state index contributed by atoms with van der Waals surface area (Å²) in [6.07, 6.45) is 1.25. The third kappa shape index (κ3) is 2.79. The van der Waals surface area contributed by atoms with Crippen LogP contribution in [-0.4, -0.2) is 18.3 Å². The van der Waals surface area contributed by atoms with Crippen molar-refractivity contribution < 1.29 is 9.84 Å². The van der Waals surface area contributed by atoms with Crippen LogP contribution < -0.4 is 0 Å². The summed E-state index contributed by atoms with van der Waals surface area (Å²) < 4.78 is 6.23. The summed E-state index contributed by atoms with van der Waals surface area (Å²) in [4.78, 5) is 0. The van der Waals surface area contributed by atoms with Gasteiger partial charge >= 0.3 is 0 Å². The topological polar surface area (TPSA) is 29.5 Å². The Bertz CT molecular complexity index is 275. The van der Waals surface area contributed by atoms with Crippen LogP contribution in [0.3, 0.4) is 0 Å². The second-order valence-electron chi connectivity index (χ2n) is 3.18. The summed E-state index contributed by atoms with van der Waals surface area (Å²) in [6, 6.07) is 0. The van der Waals surface area contributed by atoms with Crippen LogP contribution in [0.5, 0.6) is 0 Å². The molecule has 0 amide bonds. The van der Waals surface area contributed by atoms with Gasteiger partial charge in [0.15, 0.2) is 0 Å². The van der Waals surface area contributed by atoms with Gasteiger partial charge in [0.25, 0.3) is 0 Å². The zero-order valence-corrected chi connectivity index (χ0v) is 10.8. The van der Waals surface area contributed by atoms with E-state index >= 15 is 0 Å². The molecule has 4 heteroatoms. The second kappa shape index (κ2) is 5.85. The lowest BCUT2D eigenvalue weighted by atomic mass is 10.0. The molecule has 1 aromatic rings. The Kier molecular flexibility index (Phi) is 5.09. The first-order chi connectivity index (χ1) is 6.70. The summed E-state index contributed by atoms with van der Waals surface area (Å²) in [6.45, 7) is 2.08. The van der Waals surface area contributed by atoms with Crippen molar-refractivity contribution in [1.29, 1.82) is 0 Å². The van der Waals surface area contributed by atoms with E-state index in [4.69, 9.17) is 4.74 Å². The molecule has 2 unspecified atom stereocenters. The zero-order valence-electron chi connectivity index (χ0n) is 8.37. The number of ether oxygens (including phenoxy) is 1. The van der Waals surface area contributed by atoms with E-state index in [1.165, 1.54) is 0 Å². The van der Waals surface area contributed by atoms with Gasteiger partial charge in [0.1, 0.15) is 6.10 Å². The van der Waals surface area contributed by atoms with Crippen LogP contribution in [0, 0.1) is 0 Å². The van der Waals surface area contributed by atoms with Crippen LogP contribution in [0.2, 0.25) is 0 Å². The first-order valence-corrected chi connectivity index (χ1v) is 6.36. The van der Waals surface area contributed by atoms with Gasteiger partial charge in [-0.15, -0.1) is 0 Å². The van der Waals surface area contributed by atoms with Gasteiger partial charge in [0, 0.05) is 22.5 Å². The zero-order chi connectivity index (χ0) is 10.6. The van der Waals surface area contributed by atoms with Gasteiger partial charge in [-0.25, -0.2) is 0 Å². The molecule has 0 bridgehead atoms. The minimum absolute atomic E-state index is 0.106. The Labute approximate surface area is 97.0 Å². The minimum atomic E-state index is -0.527. The summed E-state index contributed by atoms with van der Waals surface area (Å²) in [5.41, 5.74) is 0.926. The number of aliphatic hydroxyl groups excluding tert-OH is 1. The highest BCUT2D eigenvalue weighted by molar-refractivity contribution is 9.10. The van der Waals surface area contributed by atoms with E-state index in [9.17, 15) is 5.11 Å². The molecule has 0 saturated heterocycles. The molecule has 0 saturated carbocycles. The molecular formula is C10H15BrO2S. The molecule has 0 aromatic carbocycles. The molecular weight excluding hydrogens is 264 g/mol. The second-order valence-corrected chi connectivity index (χ2v) is 4.78. The molecule has 1 rings (SSSR count). The highest BCUT2D eigenvalue weighted by Crippen LogP contribution is 2.31. The molecule has 0 aliphatic rings. The van der Waals surface area contributed by atoms with Crippen LogP contribution in [0.15, 0.2) is 15.2 Å². The average molecular weight is 279 g/mol. The Morgan fingerprint density at radius 2 is 2.29 bits per heavy atom. The van der Waals surface area contributed by atoms with Crippen LogP contribution >= 0.6 is 27.3 Å². The van der Waals surface area contributed by atoms with Gasteiger partial charge in [-0.2, -0.15) is 11.3 Å². The van der Waals surface area contributed by atoms with E-state index in [2.05, 4.69) is 22.9 Å². The lowest BCUT2D eigenvalue weighted by molar-refractivity contribution is -0.0180. The molecule has 80 valence electrons. The van der Waals surface area contributed by atoms with Crippen LogP contribution in [0.25, 0.3) is 0 Å². The highest BCUT2D eigenvalue weighted by Gasteiger charge is 2.22. The number of thiophene rings is 1. The number of rotatable bonds is 5. The van der Waals surface area contributed by atoms with Crippen molar-refractivity contribution in [3.8, 4) is 0 Å². The molecule has 1 heterocycles. The van der Waals surface area contributed by atoms with E-state index in [1.54, 1.807) is 18.4 Å². The molecule has 0 fully saturated rings. The molecule has 2 atom stereocenters. The predicted octanol–water partition coefficient (Wildman–Crippen LogP) is 3.36. The largest absolute Gasteiger partial charge is 0.386 e. The van der Waals surface area contributed by atoms with E-state index in [0.29, 0.717) is 0 Å². The third-order valence-electron chi connectivity index (χ3n) is 2.19. The first kappa shape index (κ1) is 12.2. The highest BCUT2D eigenvalue weighted by atomic mass is 79.9. The van der Waals surface area contributed by atoms with Crippen molar-refractivity contribution in [1.82, 2.24) is 0 Å². The number of hydrogen-bond acceptors (Lipinski definition) is 3. The fourth-order valence-corrected chi connectivity index (χ4v) is 2.95. The summed E-state index contributed by atoms with van der Waals surface area (Å²) in [5.74, 6) is 0. The van der Waals surface area contributed by atoms with E-state index in [0.717, 1.165) is 22.9 Å². The lowest BCUT2D eigenvalue weighted by Gasteiger charge is -2.20. The van der Waals surface area contributed by atoms with E-state index in [1.807, 2.05) is 10.8 Å². The Hall–Kier alpha value is 0.100. The monoisotopic (exact) mass is 278 g/mol. The maximum absolute atomic E-state index is 10.0. The fourth-order valence-electron chi connectivity index (χ4n) is 1.39. The van der Waals surface area contributed by atoms with Gasteiger partial charge in [-0.05, 0) is 27.7 Å². The van der Waals surface area contributed by atoms with Gasteiger partial charge in [-0.3, -0.25) is 0 Å². The standard InChI is InChI=1S/C10H15BrO2S/c1-3-4-9(13-2)10(12)7-5-14-6-8(7)11/h5-6,9-10,12H,3-4H2,1-2H3. The van der Waals surface area contributed by atoms with Crippen LogP contribution in [-0.2, 0) is 4.74 Å². The maximum atomic E-state index is 10.0. The van der Waals surface area contributed by atoms with Crippen molar-refractivity contribution in [2.24, 2.45) is 0 Å². The summed E-state index contributed by atoms with van der Waals surface area (Å²) in [5, 5.41) is 14.0. The van der Waals surface area contributed by atoms with Crippen molar-refractivity contribution >= 4 is 27.3 Å². The van der Waals surface area contributed by atoms with Crippen molar-refractivity contribution in [2.75, 3.05) is 7.11 Å². The number of halogens is 1. The third-order valence-corrected chi connectivity index (χ3v) is 3.94. The van der Waals surface area contributed by atoms with Crippen LogP contribution in [0.4, 0.5) is 0 Å². The Balaban J connectivity index is 2.72. The summed E-state index contributed by atoms with van der Waals surface area (Å²) in [7, 11) is 1.64.